The van der Waals surface area contributed by atoms with Gasteiger partial charge in [0.05, 0.1) is 19.2 Å². The fraction of sp³-hybridized carbons (Fsp3) is 0.250. The van der Waals surface area contributed by atoms with Gasteiger partial charge in [0, 0.05) is 5.92 Å². The van der Waals surface area contributed by atoms with Crippen LogP contribution in [0.25, 0.3) is 11.1 Å². The second-order valence-corrected chi connectivity index (χ2v) is 7.70. The van der Waals surface area contributed by atoms with Crippen LogP contribution >= 0.6 is 0 Å². The molecule has 0 bridgehead atoms. The van der Waals surface area contributed by atoms with Crippen molar-refractivity contribution in [2.75, 3.05) is 6.61 Å². The van der Waals surface area contributed by atoms with Crippen molar-refractivity contribution in [3.63, 3.8) is 0 Å². The summed E-state index contributed by atoms with van der Waals surface area (Å²) in [6.45, 7) is 1.73. The summed E-state index contributed by atoms with van der Waals surface area (Å²) in [5.74, 6) is -1.21. The third-order valence-electron chi connectivity index (χ3n) is 5.41. The SMILES string of the molecule is Cc1cnc(CNC(=O)C(CC(=O)O)NC(=O)OCC2c3ccccc3-c3ccccc32)o1. The maximum atomic E-state index is 12.5. The highest BCUT2D eigenvalue weighted by atomic mass is 16.5. The van der Waals surface area contributed by atoms with Crippen LogP contribution in [0, 0.1) is 6.92 Å². The standard InChI is InChI=1S/C24H23N3O6/c1-14-11-25-21(33-14)12-26-23(30)20(10-22(28)29)27-24(31)32-13-19-17-8-4-2-6-15(17)16-7-3-5-9-18(16)19/h2-9,11,19-20H,10,12-13H2,1H3,(H,26,30)(H,27,31)(H,28,29). The van der Waals surface area contributed by atoms with E-state index in [1.165, 1.54) is 6.20 Å². The number of amides is 2. The van der Waals surface area contributed by atoms with Gasteiger partial charge in [-0.05, 0) is 29.2 Å². The number of carboxylic acids is 1. The van der Waals surface area contributed by atoms with E-state index >= 15 is 0 Å². The lowest BCUT2D eigenvalue weighted by Crippen LogP contribution is -2.48. The molecular weight excluding hydrogens is 426 g/mol. The number of ether oxygens (including phenoxy) is 1. The summed E-state index contributed by atoms with van der Waals surface area (Å²) in [5, 5.41) is 14.0. The molecule has 9 heteroatoms. The second kappa shape index (κ2) is 9.56. The van der Waals surface area contributed by atoms with Crippen LogP contribution in [-0.4, -0.2) is 40.7 Å². The number of fused-ring (bicyclic) bond motifs is 3. The fourth-order valence-corrected chi connectivity index (χ4v) is 3.94. The molecule has 1 unspecified atom stereocenters. The Hall–Kier alpha value is -4.14. The molecule has 1 aliphatic rings. The molecule has 4 rings (SSSR count). The zero-order chi connectivity index (χ0) is 23.4. The van der Waals surface area contributed by atoms with Crippen LogP contribution in [0.3, 0.4) is 0 Å². The summed E-state index contributed by atoms with van der Waals surface area (Å²) in [6, 6.07) is 14.5. The Morgan fingerprint density at radius 2 is 1.73 bits per heavy atom. The van der Waals surface area contributed by atoms with Crippen molar-refractivity contribution in [2.24, 2.45) is 0 Å². The van der Waals surface area contributed by atoms with Gasteiger partial charge in [0.25, 0.3) is 0 Å². The predicted octanol–water partition coefficient (Wildman–Crippen LogP) is 2.98. The molecule has 0 spiro atoms. The molecule has 0 saturated heterocycles. The van der Waals surface area contributed by atoms with Gasteiger partial charge in [-0.15, -0.1) is 0 Å². The normalized spacial score (nSPS) is 13.0. The number of alkyl carbamates (subject to hydrolysis) is 1. The molecule has 3 N–H and O–H groups in total. The number of oxazole rings is 1. The number of nitrogens with one attached hydrogen (secondary N) is 2. The molecule has 0 fully saturated rings. The van der Waals surface area contributed by atoms with Crippen LogP contribution < -0.4 is 10.6 Å². The molecule has 33 heavy (non-hydrogen) atoms. The van der Waals surface area contributed by atoms with Crippen molar-refractivity contribution >= 4 is 18.0 Å². The predicted molar refractivity (Wildman–Crippen MR) is 117 cm³/mol. The van der Waals surface area contributed by atoms with Gasteiger partial charge in [0.2, 0.25) is 11.8 Å². The number of carboxylic acid groups (broad SMARTS) is 1. The van der Waals surface area contributed by atoms with Crippen LogP contribution in [0.5, 0.6) is 0 Å². The zero-order valence-corrected chi connectivity index (χ0v) is 17.9. The van der Waals surface area contributed by atoms with Gasteiger partial charge < -0.3 is 24.9 Å². The number of hydrogen-bond donors (Lipinski definition) is 3. The van der Waals surface area contributed by atoms with Gasteiger partial charge in [-0.2, -0.15) is 0 Å². The lowest BCUT2D eigenvalue weighted by Gasteiger charge is -2.18. The summed E-state index contributed by atoms with van der Waals surface area (Å²) in [5.41, 5.74) is 4.28. The minimum atomic E-state index is -1.31. The van der Waals surface area contributed by atoms with Crippen molar-refractivity contribution in [1.82, 2.24) is 15.6 Å². The van der Waals surface area contributed by atoms with Crippen LogP contribution in [0.4, 0.5) is 4.79 Å². The van der Waals surface area contributed by atoms with Crippen LogP contribution in [0.1, 0.15) is 35.1 Å². The quantitative estimate of drug-likeness (QED) is 0.482. The summed E-state index contributed by atoms with van der Waals surface area (Å²) in [7, 11) is 0. The number of aryl methyl sites for hydroxylation is 1. The number of hydrogen-bond acceptors (Lipinski definition) is 6. The van der Waals surface area contributed by atoms with Crippen molar-refractivity contribution < 1.29 is 28.6 Å². The molecule has 0 saturated carbocycles. The third-order valence-corrected chi connectivity index (χ3v) is 5.41. The highest BCUT2D eigenvalue weighted by molar-refractivity contribution is 5.89. The van der Waals surface area contributed by atoms with Crippen LogP contribution in [-0.2, 0) is 20.9 Å². The molecule has 1 heterocycles. The van der Waals surface area contributed by atoms with Crippen molar-refractivity contribution in [3.05, 3.63) is 77.5 Å². The fourth-order valence-electron chi connectivity index (χ4n) is 3.94. The van der Waals surface area contributed by atoms with Gasteiger partial charge in [-0.3, -0.25) is 9.59 Å². The van der Waals surface area contributed by atoms with Gasteiger partial charge in [0.15, 0.2) is 0 Å². The zero-order valence-electron chi connectivity index (χ0n) is 17.9. The van der Waals surface area contributed by atoms with Gasteiger partial charge in [0.1, 0.15) is 18.4 Å². The molecule has 170 valence electrons. The number of benzene rings is 2. The number of aliphatic carboxylic acids is 1. The van der Waals surface area contributed by atoms with Gasteiger partial charge in [-0.1, -0.05) is 48.5 Å². The highest BCUT2D eigenvalue weighted by Gasteiger charge is 2.30. The first-order chi connectivity index (χ1) is 15.9. The van der Waals surface area contributed by atoms with E-state index in [0.717, 1.165) is 22.3 Å². The van der Waals surface area contributed by atoms with E-state index in [0.29, 0.717) is 5.76 Å². The van der Waals surface area contributed by atoms with E-state index < -0.39 is 30.4 Å². The first-order valence-corrected chi connectivity index (χ1v) is 10.4. The van der Waals surface area contributed by atoms with Crippen molar-refractivity contribution in [1.29, 1.82) is 0 Å². The molecule has 0 aliphatic heterocycles. The maximum absolute atomic E-state index is 12.5. The monoisotopic (exact) mass is 449 g/mol. The summed E-state index contributed by atoms with van der Waals surface area (Å²) >= 11 is 0. The number of nitrogens with zero attached hydrogens (tertiary/aromatic N) is 1. The summed E-state index contributed by atoms with van der Waals surface area (Å²) in [6.07, 6.45) is 0.0384. The Balaban J connectivity index is 1.38. The minimum Gasteiger partial charge on any atom is -0.481 e. The van der Waals surface area contributed by atoms with E-state index in [-0.39, 0.29) is 25.0 Å². The van der Waals surface area contributed by atoms with Crippen LogP contribution in [0.15, 0.2) is 59.1 Å². The summed E-state index contributed by atoms with van der Waals surface area (Å²) < 4.78 is 10.7. The average Bonchev–Trinajstić information content (AvgIpc) is 3.36. The molecule has 9 nitrogen and oxygen atoms in total. The molecule has 3 aromatic rings. The van der Waals surface area contributed by atoms with E-state index in [1.54, 1.807) is 6.92 Å². The summed E-state index contributed by atoms with van der Waals surface area (Å²) in [4.78, 5) is 40.1. The molecule has 2 amide bonds. The van der Waals surface area contributed by atoms with Crippen LogP contribution in [0.2, 0.25) is 0 Å². The molecular formula is C24H23N3O6. The van der Waals surface area contributed by atoms with Gasteiger partial charge in [-0.25, -0.2) is 9.78 Å². The lowest BCUT2D eigenvalue weighted by molar-refractivity contribution is -0.139. The largest absolute Gasteiger partial charge is 0.481 e. The number of aromatic nitrogens is 1. The number of carbonyl (C=O) groups excluding carboxylic acids is 2. The molecule has 2 aromatic carbocycles. The Bertz CT molecular complexity index is 1140. The first-order valence-electron chi connectivity index (χ1n) is 10.4. The Morgan fingerprint density at radius 3 is 2.30 bits per heavy atom. The Kier molecular flexibility index (Phi) is 6.39. The van der Waals surface area contributed by atoms with Crippen molar-refractivity contribution in [3.8, 4) is 11.1 Å². The van der Waals surface area contributed by atoms with Crippen molar-refractivity contribution in [2.45, 2.75) is 31.8 Å². The smallest absolute Gasteiger partial charge is 0.407 e. The topological polar surface area (TPSA) is 131 Å². The Morgan fingerprint density at radius 1 is 1.09 bits per heavy atom. The Labute approximate surface area is 189 Å². The van der Waals surface area contributed by atoms with E-state index in [4.69, 9.17) is 14.3 Å². The van der Waals surface area contributed by atoms with Gasteiger partial charge >= 0.3 is 12.1 Å². The average molecular weight is 449 g/mol. The van der Waals surface area contributed by atoms with E-state index in [2.05, 4.69) is 15.6 Å². The molecule has 1 atom stereocenters. The number of carbonyl (C=O) groups is 3. The van der Waals surface area contributed by atoms with E-state index in [9.17, 15) is 14.4 Å². The first kappa shape index (κ1) is 22.1. The second-order valence-electron chi connectivity index (χ2n) is 7.70. The minimum absolute atomic E-state index is 0.0326. The maximum Gasteiger partial charge on any atom is 0.407 e. The lowest BCUT2D eigenvalue weighted by atomic mass is 9.98. The molecule has 1 aliphatic carbocycles. The molecule has 1 aromatic heterocycles. The third kappa shape index (κ3) is 5.03. The van der Waals surface area contributed by atoms with E-state index in [1.807, 2.05) is 48.5 Å². The number of rotatable bonds is 8. The highest BCUT2D eigenvalue weighted by Crippen LogP contribution is 2.44. The molecule has 0 radical (unpaired) electrons.